The molecule has 1 aromatic heterocycles. The van der Waals surface area contributed by atoms with Gasteiger partial charge < -0.3 is 14.2 Å². The molecule has 0 amide bonds. The molecule has 0 saturated carbocycles. The monoisotopic (exact) mass is 469 g/mol. The Hall–Kier alpha value is -1.52. The van der Waals surface area contributed by atoms with E-state index >= 15 is 0 Å². The Morgan fingerprint density at radius 1 is 1.14 bits per heavy atom. The molecule has 2 rings (SSSR count). The van der Waals surface area contributed by atoms with Gasteiger partial charge in [0, 0.05) is 20.1 Å². The number of hydrogen-bond donors (Lipinski definition) is 1. The fourth-order valence-corrected chi connectivity index (χ4v) is 4.07. The first-order valence-electron chi connectivity index (χ1n) is 7.98. The van der Waals surface area contributed by atoms with Gasteiger partial charge in [-0.2, -0.15) is 4.98 Å². The van der Waals surface area contributed by atoms with E-state index in [1.807, 2.05) is 0 Å². The number of nitrogens with one attached hydrogen (secondary N) is 1. The number of allylic oxidation sites excluding steroid dienone is 5. The summed E-state index contributed by atoms with van der Waals surface area (Å²) in [5, 5.41) is -0.118. The first kappa shape index (κ1) is 22.8. The van der Waals surface area contributed by atoms with Crippen molar-refractivity contribution in [1.82, 2.24) is 9.97 Å². The molecule has 1 aliphatic rings. The maximum absolute atomic E-state index is 12.8. The van der Waals surface area contributed by atoms with Crippen LogP contribution in [0.3, 0.4) is 0 Å². The van der Waals surface area contributed by atoms with E-state index in [0.717, 1.165) is 0 Å². The molecule has 0 unspecified atom stereocenters. The van der Waals surface area contributed by atoms with Crippen molar-refractivity contribution in [2.75, 3.05) is 32.2 Å². The van der Waals surface area contributed by atoms with Crippen molar-refractivity contribution in [2.45, 2.75) is 12.8 Å². The van der Waals surface area contributed by atoms with E-state index in [9.17, 15) is 8.42 Å². The normalized spacial score (nSPS) is 14.5. The van der Waals surface area contributed by atoms with Gasteiger partial charge in [-0.3, -0.25) is 4.72 Å². The van der Waals surface area contributed by atoms with Gasteiger partial charge in [-0.1, -0.05) is 47.0 Å². The molecule has 0 atom stereocenters. The quantitative estimate of drug-likeness (QED) is 0.547. The highest BCUT2D eigenvalue weighted by atomic mass is 35.5. The number of hydrogen-bond acceptors (Lipinski definition) is 7. The molecular weight excluding hydrogens is 453 g/mol. The summed E-state index contributed by atoms with van der Waals surface area (Å²) in [4.78, 5) is 7.83. The molecule has 28 heavy (non-hydrogen) atoms. The van der Waals surface area contributed by atoms with Crippen LogP contribution < -0.4 is 14.2 Å². The van der Waals surface area contributed by atoms with Crippen molar-refractivity contribution < 1.29 is 22.6 Å². The third kappa shape index (κ3) is 5.74. The Morgan fingerprint density at radius 2 is 1.89 bits per heavy atom. The van der Waals surface area contributed by atoms with Crippen molar-refractivity contribution in [1.29, 1.82) is 0 Å². The fraction of sp³-hybridized carbons (Fsp3) is 0.375. The minimum Gasteiger partial charge on any atom is -0.478 e. The molecule has 0 aliphatic heterocycles. The second kappa shape index (κ2) is 10.3. The molecule has 1 N–H and O–H groups in total. The van der Waals surface area contributed by atoms with Gasteiger partial charge >= 0.3 is 0 Å². The van der Waals surface area contributed by atoms with E-state index in [2.05, 4.69) is 14.7 Å². The molecule has 8 nitrogen and oxygen atoms in total. The van der Waals surface area contributed by atoms with Crippen LogP contribution in [0.5, 0.6) is 11.8 Å². The van der Waals surface area contributed by atoms with Gasteiger partial charge in [0.25, 0.3) is 21.8 Å². The van der Waals surface area contributed by atoms with E-state index in [-0.39, 0.29) is 44.3 Å². The topological polar surface area (TPSA) is 99.6 Å². The number of methoxy groups -OCH3 is 2. The Kier molecular flexibility index (Phi) is 8.38. The van der Waals surface area contributed by atoms with E-state index in [4.69, 9.17) is 49.0 Å². The number of nitrogens with zero attached hydrogens (tertiary/aromatic N) is 2. The van der Waals surface area contributed by atoms with Gasteiger partial charge in [-0.15, -0.1) is 0 Å². The van der Waals surface area contributed by atoms with Gasteiger partial charge in [0.15, 0.2) is 5.15 Å². The summed E-state index contributed by atoms with van der Waals surface area (Å²) >= 11 is 18.1. The SMILES string of the molecule is COCCCOc1nc(OC)c(NS(=O)(=O)C2=C(Cl)C(Cl)=CCC=C2)nc1Cl. The molecule has 12 heteroatoms. The smallest absolute Gasteiger partial charge is 0.264 e. The van der Waals surface area contributed by atoms with Crippen molar-refractivity contribution in [3.63, 3.8) is 0 Å². The highest BCUT2D eigenvalue weighted by Crippen LogP contribution is 2.33. The summed E-state index contributed by atoms with van der Waals surface area (Å²) < 4.78 is 43.3. The number of aromatic nitrogens is 2. The van der Waals surface area contributed by atoms with E-state index in [1.165, 1.54) is 13.2 Å². The lowest BCUT2D eigenvalue weighted by Crippen LogP contribution is -2.17. The number of anilines is 1. The minimum absolute atomic E-state index is 0.00940. The van der Waals surface area contributed by atoms with Gasteiger partial charge in [0.1, 0.15) is 4.91 Å². The molecular formula is C16H18Cl3N3O5S. The van der Waals surface area contributed by atoms with Crippen LogP contribution in [0.15, 0.2) is 33.2 Å². The predicted octanol–water partition coefficient (Wildman–Crippen LogP) is 3.83. The zero-order valence-corrected chi connectivity index (χ0v) is 18.1. The fourth-order valence-electron chi connectivity index (χ4n) is 2.07. The standard InChI is InChI=1S/C16H18Cl3N3O5S/c1-25-8-5-9-27-15-13(19)20-14(16(21-15)26-2)22-28(23,24)11-7-4-3-6-10(17)12(11)18/h4,6-7H,3,5,8-9H2,1-2H3,(H,20,22). The van der Waals surface area contributed by atoms with Crippen LogP contribution in [-0.2, 0) is 14.8 Å². The average Bonchev–Trinajstić information content (AvgIpc) is 2.82. The lowest BCUT2D eigenvalue weighted by atomic mass is 10.4. The molecule has 0 radical (unpaired) electrons. The second-order valence-electron chi connectivity index (χ2n) is 5.35. The lowest BCUT2D eigenvalue weighted by molar-refractivity contribution is 0.170. The molecule has 1 aliphatic carbocycles. The van der Waals surface area contributed by atoms with Gasteiger partial charge in [-0.05, 0) is 12.5 Å². The Balaban J connectivity index is 2.31. The molecule has 154 valence electrons. The lowest BCUT2D eigenvalue weighted by Gasteiger charge is -2.14. The number of sulfonamides is 1. The van der Waals surface area contributed by atoms with Crippen LogP contribution in [0.1, 0.15) is 12.8 Å². The number of ether oxygens (including phenoxy) is 3. The summed E-state index contributed by atoms with van der Waals surface area (Å²) in [6.07, 6.45) is 5.61. The van der Waals surface area contributed by atoms with Crippen LogP contribution in [0, 0.1) is 0 Å². The third-order valence-electron chi connectivity index (χ3n) is 3.37. The third-order valence-corrected chi connectivity index (χ3v) is 5.95. The molecule has 1 aromatic rings. The minimum atomic E-state index is -4.14. The van der Waals surface area contributed by atoms with Gasteiger partial charge in [0.2, 0.25) is 5.82 Å². The van der Waals surface area contributed by atoms with Crippen LogP contribution >= 0.6 is 34.8 Å². The molecule has 0 fully saturated rings. The van der Waals surface area contributed by atoms with Gasteiger partial charge in [0.05, 0.1) is 23.8 Å². The zero-order valence-electron chi connectivity index (χ0n) is 15.0. The Bertz CT molecular complexity index is 916. The first-order valence-corrected chi connectivity index (χ1v) is 10.6. The molecule has 0 saturated heterocycles. The van der Waals surface area contributed by atoms with Gasteiger partial charge in [-0.25, -0.2) is 13.4 Å². The second-order valence-corrected chi connectivity index (χ2v) is 8.14. The van der Waals surface area contributed by atoms with Crippen molar-refractivity contribution in [3.8, 4) is 11.8 Å². The van der Waals surface area contributed by atoms with Crippen LogP contribution in [-0.4, -0.2) is 45.8 Å². The molecule has 1 heterocycles. The highest BCUT2D eigenvalue weighted by molar-refractivity contribution is 7.96. The summed E-state index contributed by atoms with van der Waals surface area (Å²) in [7, 11) is -1.26. The number of rotatable bonds is 9. The Labute approximate surface area is 178 Å². The highest BCUT2D eigenvalue weighted by Gasteiger charge is 2.25. The van der Waals surface area contributed by atoms with E-state index in [0.29, 0.717) is 19.4 Å². The summed E-state index contributed by atoms with van der Waals surface area (Å²) in [6, 6.07) is 0. The zero-order chi connectivity index (χ0) is 20.7. The number of halogens is 3. The summed E-state index contributed by atoms with van der Waals surface area (Å²) in [5.74, 6) is -0.327. The van der Waals surface area contributed by atoms with E-state index < -0.39 is 10.0 Å². The summed E-state index contributed by atoms with van der Waals surface area (Å²) in [5.41, 5.74) is 0. The van der Waals surface area contributed by atoms with Crippen molar-refractivity contribution >= 4 is 50.6 Å². The largest absolute Gasteiger partial charge is 0.478 e. The molecule has 0 bridgehead atoms. The first-order chi connectivity index (χ1) is 13.3. The maximum Gasteiger partial charge on any atom is 0.264 e. The average molecular weight is 471 g/mol. The van der Waals surface area contributed by atoms with Crippen molar-refractivity contribution in [2.24, 2.45) is 0 Å². The molecule has 0 spiro atoms. The van der Waals surface area contributed by atoms with Crippen molar-refractivity contribution in [3.05, 3.63) is 38.4 Å². The Morgan fingerprint density at radius 3 is 2.57 bits per heavy atom. The van der Waals surface area contributed by atoms with Crippen LogP contribution in [0.4, 0.5) is 5.82 Å². The predicted molar refractivity (Wildman–Crippen MR) is 109 cm³/mol. The van der Waals surface area contributed by atoms with Crippen LogP contribution in [0.25, 0.3) is 0 Å². The summed E-state index contributed by atoms with van der Waals surface area (Å²) in [6.45, 7) is 0.787. The maximum atomic E-state index is 12.8. The van der Waals surface area contributed by atoms with E-state index in [1.54, 1.807) is 19.3 Å². The van der Waals surface area contributed by atoms with Crippen LogP contribution in [0.2, 0.25) is 5.15 Å². The molecule has 0 aromatic carbocycles.